The maximum Gasteiger partial charge on any atom is 0.0575 e. The lowest BCUT2D eigenvalue weighted by Gasteiger charge is -2.29. The van der Waals surface area contributed by atoms with Crippen molar-refractivity contribution >= 4 is 0 Å². The van der Waals surface area contributed by atoms with Crippen LogP contribution in [0.15, 0.2) is 0 Å². The van der Waals surface area contributed by atoms with E-state index in [0.29, 0.717) is 6.10 Å². The van der Waals surface area contributed by atoms with Crippen molar-refractivity contribution in [3.63, 3.8) is 0 Å². The van der Waals surface area contributed by atoms with Gasteiger partial charge in [0.25, 0.3) is 0 Å². The van der Waals surface area contributed by atoms with Crippen LogP contribution in [0, 0.1) is 11.8 Å². The summed E-state index contributed by atoms with van der Waals surface area (Å²) in [7, 11) is 0. The summed E-state index contributed by atoms with van der Waals surface area (Å²) in [6.45, 7) is 7.64. The van der Waals surface area contributed by atoms with Crippen LogP contribution >= 0.6 is 0 Å². The van der Waals surface area contributed by atoms with Crippen LogP contribution in [0.1, 0.15) is 52.9 Å². The van der Waals surface area contributed by atoms with Crippen molar-refractivity contribution < 1.29 is 4.74 Å². The van der Waals surface area contributed by atoms with Crippen molar-refractivity contribution in [3.05, 3.63) is 0 Å². The van der Waals surface area contributed by atoms with Crippen molar-refractivity contribution in [1.29, 1.82) is 0 Å². The Balaban J connectivity index is 2.15. The zero-order valence-electron chi connectivity index (χ0n) is 9.38. The zero-order chi connectivity index (χ0) is 9.68. The Morgan fingerprint density at radius 1 is 1.15 bits per heavy atom. The van der Waals surface area contributed by atoms with Crippen molar-refractivity contribution in [1.82, 2.24) is 0 Å². The zero-order valence-corrected chi connectivity index (χ0v) is 9.38. The fraction of sp³-hybridized carbons (Fsp3) is 1.00. The topological polar surface area (TPSA) is 9.23 Å². The molecular weight excluding hydrogens is 160 g/mol. The first-order chi connectivity index (χ1) is 6.22. The molecule has 1 rings (SSSR count). The molecule has 1 nitrogen and oxygen atoms in total. The molecule has 0 unspecified atom stereocenters. The maximum absolute atomic E-state index is 5.64. The molecule has 0 radical (unpaired) electrons. The second-order valence-corrected chi connectivity index (χ2v) is 4.73. The average molecular weight is 184 g/mol. The summed E-state index contributed by atoms with van der Waals surface area (Å²) in [5, 5.41) is 0. The van der Waals surface area contributed by atoms with Gasteiger partial charge in [-0.3, -0.25) is 0 Å². The van der Waals surface area contributed by atoms with E-state index in [4.69, 9.17) is 4.74 Å². The third-order valence-electron chi connectivity index (χ3n) is 3.00. The normalized spacial score (nSPS) is 29.5. The predicted octanol–water partition coefficient (Wildman–Crippen LogP) is 3.63. The number of rotatable bonds is 4. The Hall–Kier alpha value is -0.0400. The van der Waals surface area contributed by atoms with E-state index in [-0.39, 0.29) is 0 Å². The van der Waals surface area contributed by atoms with E-state index in [9.17, 15) is 0 Å². The fourth-order valence-corrected chi connectivity index (χ4v) is 2.44. The number of ether oxygens (including phenoxy) is 1. The van der Waals surface area contributed by atoms with Crippen LogP contribution in [-0.2, 0) is 4.74 Å². The molecule has 0 spiro atoms. The Bertz CT molecular complexity index is 123. The van der Waals surface area contributed by atoms with Gasteiger partial charge < -0.3 is 4.74 Å². The second-order valence-electron chi connectivity index (χ2n) is 4.73. The van der Waals surface area contributed by atoms with Gasteiger partial charge in [0.05, 0.1) is 6.10 Å². The van der Waals surface area contributed by atoms with E-state index in [2.05, 4.69) is 20.8 Å². The Morgan fingerprint density at radius 2 is 1.77 bits per heavy atom. The van der Waals surface area contributed by atoms with Crippen LogP contribution in [0.25, 0.3) is 0 Å². The van der Waals surface area contributed by atoms with Crippen molar-refractivity contribution in [2.45, 2.75) is 59.0 Å². The lowest BCUT2D eigenvalue weighted by atomic mass is 9.82. The minimum atomic E-state index is 0.577. The van der Waals surface area contributed by atoms with Crippen LogP contribution < -0.4 is 0 Å². The van der Waals surface area contributed by atoms with Crippen LogP contribution in [-0.4, -0.2) is 12.7 Å². The van der Waals surface area contributed by atoms with Gasteiger partial charge in [0.15, 0.2) is 0 Å². The molecule has 0 N–H and O–H groups in total. The summed E-state index contributed by atoms with van der Waals surface area (Å²) >= 11 is 0. The highest BCUT2D eigenvalue weighted by atomic mass is 16.5. The van der Waals surface area contributed by atoms with Crippen molar-refractivity contribution in [3.8, 4) is 0 Å². The van der Waals surface area contributed by atoms with E-state index in [0.717, 1.165) is 18.4 Å². The molecule has 13 heavy (non-hydrogen) atoms. The number of hydrogen-bond acceptors (Lipinski definition) is 1. The Labute approximate surface area is 82.9 Å². The van der Waals surface area contributed by atoms with Crippen molar-refractivity contribution in [2.75, 3.05) is 6.61 Å². The van der Waals surface area contributed by atoms with Crippen LogP contribution in [0.5, 0.6) is 0 Å². The molecule has 0 aliphatic heterocycles. The lowest BCUT2D eigenvalue weighted by Crippen LogP contribution is -2.22. The highest BCUT2D eigenvalue weighted by Gasteiger charge is 2.21. The van der Waals surface area contributed by atoms with E-state index >= 15 is 0 Å². The first kappa shape index (κ1) is 11.0. The maximum atomic E-state index is 5.64. The largest absolute Gasteiger partial charge is 0.379 e. The lowest BCUT2D eigenvalue weighted by molar-refractivity contribution is 0.0234. The Kier molecular flexibility index (Phi) is 4.79. The molecule has 0 aromatic rings. The average Bonchev–Trinajstić information content (AvgIpc) is 2.08. The monoisotopic (exact) mass is 184 g/mol. The summed E-state index contributed by atoms with van der Waals surface area (Å²) in [6.07, 6.45) is 7.37. The first-order valence-corrected chi connectivity index (χ1v) is 5.84. The van der Waals surface area contributed by atoms with E-state index < -0.39 is 0 Å². The molecule has 1 heteroatoms. The molecular formula is C12H24O. The molecule has 0 heterocycles. The SMILES string of the molecule is CCO[C@H]1CC[C@@H](CC(C)C)CC1. The molecule has 1 aliphatic carbocycles. The molecule has 0 amide bonds. The van der Waals surface area contributed by atoms with E-state index in [1.54, 1.807) is 0 Å². The van der Waals surface area contributed by atoms with Gasteiger partial charge >= 0.3 is 0 Å². The van der Waals surface area contributed by atoms with Gasteiger partial charge in [0, 0.05) is 6.61 Å². The van der Waals surface area contributed by atoms with Crippen LogP contribution in [0.2, 0.25) is 0 Å². The Morgan fingerprint density at radius 3 is 2.23 bits per heavy atom. The van der Waals surface area contributed by atoms with E-state index in [1.807, 2.05) is 0 Å². The third-order valence-corrected chi connectivity index (χ3v) is 3.00. The first-order valence-electron chi connectivity index (χ1n) is 5.84. The van der Waals surface area contributed by atoms with Gasteiger partial charge in [-0.1, -0.05) is 13.8 Å². The molecule has 1 saturated carbocycles. The molecule has 0 aromatic carbocycles. The summed E-state index contributed by atoms with van der Waals surface area (Å²) in [5.74, 6) is 1.85. The minimum Gasteiger partial charge on any atom is -0.379 e. The minimum absolute atomic E-state index is 0.577. The summed E-state index contributed by atoms with van der Waals surface area (Å²) in [6, 6.07) is 0. The molecule has 1 fully saturated rings. The third kappa shape index (κ3) is 4.12. The van der Waals surface area contributed by atoms with E-state index in [1.165, 1.54) is 32.1 Å². The van der Waals surface area contributed by atoms with Gasteiger partial charge in [0.1, 0.15) is 0 Å². The highest BCUT2D eigenvalue weighted by molar-refractivity contribution is 4.73. The standard InChI is InChI=1S/C12H24O/c1-4-13-12-7-5-11(6-8-12)9-10(2)3/h10-12H,4-9H2,1-3H3/t11-,12+. The van der Waals surface area contributed by atoms with Crippen LogP contribution in [0.3, 0.4) is 0 Å². The van der Waals surface area contributed by atoms with Gasteiger partial charge in [-0.2, -0.15) is 0 Å². The molecule has 0 atom stereocenters. The fourth-order valence-electron chi connectivity index (χ4n) is 2.44. The summed E-state index contributed by atoms with van der Waals surface area (Å²) < 4.78 is 5.64. The molecule has 0 bridgehead atoms. The van der Waals surface area contributed by atoms with Gasteiger partial charge in [-0.25, -0.2) is 0 Å². The summed E-state index contributed by atoms with van der Waals surface area (Å²) in [5.41, 5.74) is 0. The molecule has 0 aromatic heterocycles. The number of hydrogen-bond donors (Lipinski definition) is 0. The second kappa shape index (κ2) is 5.64. The van der Waals surface area contributed by atoms with Crippen LogP contribution in [0.4, 0.5) is 0 Å². The highest BCUT2D eigenvalue weighted by Crippen LogP contribution is 2.30. The molecule has 1 aliphatic rings. The van der Waals surface area contributed by atoms with Gasteiger partial charge in [-0.15, -0.1) is 0 Å². The van der Waals surface area contributed by atoms with Gasteiger partial charge in [-0.05, 0) is 50.9 Å². The smallest absolute Gasteiger partial charge is 0.0575 e. The molecule has 78 valence electrons. The van der Waals surface area contributed by atoms with Gasteiger partial charge in [0.2, 0.25) is 0 Å². The molecule has 0 saturated heterocycles. The van der Waals surface area contributed by atoms with Crippen molar-refractivity contribution in [2.24, 2.45) is 11.8 Å². The quantitative estimate of drug-likeness (QED) is 0.648. The predicted molar refractivity (Wildman–Crippen MR) is 56.8 cm³/mol. The summed E-state index contributed by atoms with van der Waals surface area (Å²) in [4.78, 5) is 0.